The molecule has 27 heavy (non-hydrogen) atoms. The third kappa shape index (κ3) is 3.55. The number of aromatic nitrogens is 1. The molecular weight excluding hydrogens is 342 g/mol. The molecule has 0 unspecified atom stereocenters. The van der Waals surface area contributed by atoms with Gasteiger partial charge in [0.05, 0.1) is 5.56 Å². The van der Waals surface area contributed by atoms with Gasteiger partial charge < -0.3 is 20.1 Å². The largest absolute Gasteiger partial charge is 0.454 e. The quantitative estimate of drug-likeness (QED) is 0.719. The van der Waals surface area contributed by atoms with Crippen LogP contribution in [0.15, 0.2) is 54.7 Å². The van der Waals surface area contributed by atoms with E-state index in [0.717, 1.165) is 5.69 Å². The maximum Gasteiger partial charge on any atom is 0.257 e. The number of nitrogens with one attached hydrogen (secondary N) is 2. The fraction of sp³-hybridized carbons (Fsp3) is 0.143. The number of hydrogen-bond acceptors (Lipinski definition) is 5. The van der Waals surface area contributed by atoms with Crippen LogP contribution in [0.4, 0.5) is 17.2 Å². The van der Waals surface area contributed by atoms with Gasteiger partial charge in [-0.05, 0) is 55.3 Å². The number of ether oxygens (including phenoxy) is 2. The van der Waals surface area contributed by atoms with E-state index >= 15 is 0 Å². The highest BCUT2D eigenvalue weighted by Gasteiger charge is 2.15. The minimum Gasteiger partial charge on any atom is -0.454 e. The average Bonchev–Trinajstić information content (AvgIpc) is 3.14. The number of nitrogens with zero attached hydrogens (tertiary/aromatic N) is 1. The fourth-order valence-corrected chi connectivity index (χ4v) is 2.80. The van der Waals surface area contributed by atoms with E-state index in [1.54, 1.807) is 36.5 Å². The number of amides is 1. The molecule has 1 aliphatic heterocycles. The molecule has 0 radical (unpaired) electrons. The topological polar surface area (TPSA) is 72.5 Å². The molecule has 2 N–H and O–H groups in total. The lowest BCUT2D eigenvalue weighted by molar-refractivity contribution is 0.102. The van der Waals surface area contributed by atoms with Crippen LogP contribution >= 0.6 is 0 Å². The van der Waals surface area contributed by atoms with Crippen LogP contribution in [-0.2, 0) is 0 Å². The summed E-state index contributed by atoms with van der Waals surface area (Å²) < 4.78 is 10.6. The van der Waals surface area contributed by atoms with Crippen LogP contribution in [0.3, 0.4) is 0 Å². The first kappa shape index (κ1) is 16.9. The van der Waals surface area contributed by atoms with E-state index in [1.165, 1.54) is 11.1 Å². The summed E-state index contributed by atoms with van der Waals surface area (Å²) in [5.41, 5.74) is 4.49. The Labute approximate surface area is 157 Å². The number of hydrogen-bond donors (Lipinski definition) is 2. The predicted octanol–water partition coefficient (Wildman–Crippen LogP) is 4.42. The number of carbonyl (C=O) groups is 1. The first-order chi connectivity index (χ1) is 13.1. The van der Waals surface area contributed by atoms with E-state index in [0.29, 0.717) is 28.6 Å². The molecule has 1 aromatic heterocycles. The Hall–Kier alpha value is -3.54. The number of carbonyl (C=O) groups excluding carboxylic acids is 1. The first-order valence-corrected chi connectivity index (χ1v) is 8.60. The molecule has 0 atom stereocenters. The summed E-state index contributed by atoms with van der Waals surface area (Å²) in [5.74, 6) is 1.75. The first-order valence-electron chi connectivity index (χ1n) is 8.60. The number of rotatable bonds is 4. The van der Waals surface area contributed by atoms with Crippen molar-refractivity contribution in [2.75, 3.05) is 17.4 Å². The molecule has 0 aliphatic carbocycles. The van der Waals surface area contributed by atoms with Crippen LogP contribution in [0.1, 0.15) is 21.5 Å². The lowest BCUT2D eigenvalue weighted by atomic mass is 10.1. The van der Waals surface area contributed by atoms with E-state index in [1.807, 2.05) is 12.1 Å². The van der Waals surface area contributed by atoms with Crippen LogP contribution < -0.4 is 20.1 Å². The summed E-state index contributed by atoms with van der Waals surface area (Å²) in [4.78, 5) is 16.8. The van der Waals surface area contributed by atoms with Gasteiger partial charge in [-0.25, -0.2) is 4.98 Å². The second-order valence-electron chi connectivity index (χ2n) is 6.33. The Morgan fingerprint density at radius 1 is 1.04 bits per heavy atom. The zero-order valence-corrected chi connectivity index (χ0v) is 15.1. The molecule has 1 aliphatic rings. The Kier molecular flexibility index (Phi) is 4.38. The summed E-state index contributed by atoms with van der Waals surface area (Å²) >= 11 is 0. The normalized spacial score (nSPS) is 11.9. The number of anilines is 3. The smallest absolute Gasteiger partial charge is 0.257 e. The maximum atomic E-state index is 12.4. The van der Waals surface area contributed by atoms with E-state index in [-0.39, 0.29) is 12.7 Å². The molecule has 1 amide bonds. The van der Waals surface area contributed by atoms with Crippen molar-refractivity contribution in [3.05, 3.63) is 71.4 Å². The van der Waals surface area contributed by atoms with Crippen molar-refractivity contribution < 1.29 is 14.3 Å². The van der Waals surface area contributed by atoms with Gasteiger partial charge in [0, 0.05) is 23.6 Å². The summed E-state index contributed by atoms with van der Waals surface area (Å²) in [6, 6.07) is 14.9. The third-order valence-electron chi connectivity index (χ3n) is 4.52. The fourth-order valence-electron chi connectivity index (χ4n) is 2.80. The molecule has 0 saturated carbocycles. The number of pyridine rings is 1. The summed E-state index contributed by atoms with van der Waals surface area (Å²) in [6.45, 7) is 4.33. The Morgan fingerprint density at radius 3 is 2.70 bits per heavy atom. The molecule has 3 aromatic rings. The van der Waals surface area contributed by atoms with Crippen LogP contribution in [0.2, 0.25) is 0 Å². The van der Waals surface area contributed by atoms with Crippen molar-refractivity contribution in [3.8, 4) is 11.5 Å². The van der Waals surface area contributed by atoms with Crippen molar-refractivity contribution >= 4 is 23.1 Å². The van der Waals surface area contributed by atoms with Crippen LogP contribution in [0, 0.1) is 13.8 Å². The minimum atomic E-state index is -0.236. The predicted molar refractivity (Wildman–Crippen MR) is 104 cm³/mol. The highest BCUT2D eigenvalue weighted by molar-refractivity contribution is 6.04. The lowest BCUT2D eigenvalue weighted by Gasteiger charge is -2.11. The van der Waals surface area contributed by atoms with Crippen LogP contribution in [0.5, 0.6) is 11.5 Å². The zero-order valence-electron chi connectivity index (χ0n) is 15.1. The van der Waals surface area contributed by atoms with Gasteiger partial charge in [0.2, 0.25) is 6.79 Å². The molecule has 0 bridgehead atoms. The molecule has 6 nitrogen and oxygen atoms in total. The highest BCUT2D eigenvalue weighted by Crippen LogP contribution is 2.34. The minimum absolute atomic E-state index is 0.200. The zero-order chi connectivity index (χ0) is 18.8. The summed E-state index contributed by atoms with van der Waals surface area (Å²) in [6.07, 6.45) is 1.55. The molecule has 4 rings (SSSR count). The maximum absolute atomic E-state index is 12.4. The van der Waals surface area contributed by atoms with Gasteiger partial charge >= 0.3 is 0 Å². The molecular formula is C21H19N3O3. The molecule has 136 valence electrons. The van der Waals surface area contributed by atoms with Gasteiger partial charge in [0.25, 0.3) is 5.91 Å². The molecule has 0 saturated heterocycles. The monoisotopic (exact) mass is 361 g/mol. The second kappa shape index (κ2) is 6.99. The van der Waals surface area contributed by atoms with Crippen molar-refractivity contribution in [3.63, 3.8) is 0 Å². The van der Waals surface area contributed by atoms with Crippen molar-refractivity contribution in [2.45, 2.75) is 13.8 Å². The van der Waals surface area contributed by atoms with Gasteiger partial charge in [-0.3, -0.25) is 4.79 Å². The van der Waals surface area contributed by atoms with E-state index in [4.69, 9.17) is 9.47 Å². The number of fused-ring (bicyclic) bond motifs is 1. The van der Waals surface area contributed by atoms with Crippen molar-refractivity contribution in [2.24, 2.45) is 0 Å². The summed E-state index contributed by atoms with van der Waals surface area (Å²) in [7, 11) is 0. The lowest BCUT2D eigenvalue weighted by Crippen LogP contribution is -2.12. The van der Waals surface area contributed by atoms with Crippen LogP contribution in [0.25, 0.3) is 0 Å². The summed E-state index contributed by atoms with van der Waals surface area (Å²) in [5, 5.41) is 6.12. The van der Waals surface area contributed by atoms with Gasteiger partial charge in [-0.2, -0.15) is 0 Å². The standard InChI is InChI=1S/C21H19N3O3/c1-13-4-3-5-17(14(13)2)24-20-9-6-15(11-22-20)21(25)23-16-7-8-18-19(10-16)27-12-26-18/h3-11H,12H2,1-2H3,(H,22,24)(H,23,25). The molecule has 0 fully saturated rings. The number of aryl methyl sites for hydroxylation is 1. The molecule has 0 spiro atoms. The van der Waals surface area contributed by atoms with Crippen LogP contribution in [-0.4, -0.2) is 17.7 Å². The highest BCUT2D eigenvalue weighted by atomic mass is 16.7. The average molecular weight is 361 g/mol. The van der Waals surface area contributed by atoms with Crippen molar-refractivity contribution in [1.29, 1.82) is 0 Å². The van der Waals surface area contributed by atoms with Gasteiger partial charge in [-0.15, -0.1) is 0 Å². The van der Waals surface area contributed by atoms with Crippen molar-refractivity contribution in [1.82, 2.24) is 4.98 Å². The SMILES string of the molecule is Cc1cccc(Nc2ccc(C(=O)Nc3ccc4c(c3)OCO4)cn2)c1C. The Bertz CT molecular complexity index is 1000. The van der Waals surface area contributed by atoms with Gasteiger partial charge in [0.1, 0.15) is 5.82 Å². The number of benzene rings is 2. The second-order valence-corrected chi connectivity index (χ2v) is 6.33. The molecule has 2 heterocycles. The van der Waals surface area contributed by atoms with Gasteiger partial charge in [-0.1, -0.05) is 12.1 Å². The van der Waals surface area contributed by atoms with E-state index < -0.39 is 0 Å². The Morgan fingerprint density at radius 2 is 1.89 bits per heavy atom. The Balaban J connectivity index is 1.45. The third-order valence-corrected chi connectivity index (χ3v) is 4.52. The molecule has 6 heteroatoms. The van der Waals surface area contributed by atoms with Gasteiger partial charge in [0.15, 0.2) is 11.5 Å². The van der Waals surface area contributed by atoms with E-state index in [2.05, 4.69) is 35.5 Å². The van der Waals surface area contributed by atoms with E-state index in [9.17, 15) is 4.79 Å². The molecule has 2 aromatic carbocycles.